The fourth-order valence-corrected chi connectivity index (χ4v) is 3.81. The molecule has 0 spiro atoms. The Morgan fingerprint density at radius 3 is 2.72 bits per heavy atom. The zero-order chi connectivity index (χ0) is 21.9. The number of guanidine groups is 1. The van der Waals surface area contributed by atoms with Crippen molar-refractivity contribution < 1.29 is 9.47 Å². The number of halogens is 1. The quantitative estimate of drug-likeness (QED) is 0.184. The third-order valence-electron chi connectivity index (χ3n) is 5.46. The van der Waals surface area contributed by atoms with Gasteiger partial charge in [-0.3, -0.25) is 4.68 Å². The van der Waals surface area contributed by atoms with Crippen LogP contribution in [0.5, 0.6) is 5.75 Å². The van der Waals surface area contributed by atoms with Gasteiger partial charge in [-0.2, -0.15) is 5.10 Å². The van der Waals surface area contributed by atoms with Crippen LogP contribution >= 0.6 is 24.0 Å². The van der Waals surface area contributed by atoms with Crippen molar-refractivity contribution >= 4 is 29.9 Å². The van der Waals surface area contributed by atoms with Gasteiger partial charge in [0.15, 0.2) is 5.96 Å². The number of hydrogen-bond donors (Lipinski definition) is 2. The lowest BCUT2D eigenvalue weighted by Crippen LogP contribution is -2.37. The molecule has 0 unspecified atom stereocenters. The smallest absolute Gasteiger partial charge is 0.191 e. The van der Waals surface area contributed by atoms with Crippen molar-refractivity contribution in [1.29, 1.82) is 0 Å². The molecule has 0 aliphatic heterocycles. The molecule has 0 saturated heterocycles. The summed E-state index contributed by atoms with van der Waals surface area (Å²) < 4.78 is 13.5. The van der Waals surface area contributed by atoms with E-state index in [0.717, 1.165) is 29.5 Å². The Kier molecular flexibility index (Phi) is 11.9. The maximum Gasteiger partial charge on any atom is 0.191 e. The van der Waals surface area contributed by atoms with E-state index in [0.29, 0.717) is 39.0 Å². The van der Waals surface area contributed by atoms with E-state index in [1.807, 2.05) is 6.92 Å². The molecule has 0 bridgehead atoms. The van der Waals surface area contributed by atoms with Crippen LogP contribution in [0.15, 0.2) is 35.5 Å². The highest BCUT2D eigenvalue weighted by molar-refractivity contribution is 14.0. The summed E-state index contributed by atoms with van der Waals surface area (Å²) in [6.45, 7) is 9.94. The number of aromatic nitrogens is 2. The third-order valence-corrected chi connectivity index (χ3v) is 5.46. The van der Waals surface area contributed by atoms with Crippen molar-refractivity contribution in [2.75, 3.05) is 26.4 Å². The van der Waals surface area contributed by atoms with E-state index in [1.165, 1.54) is 31.2 Å². The van der Waals surface area contributed by atoms with Crippen molar-refractivity contribution in [3.8, 4) is 5.75 Å². The first-order valence-electron chi connectivity index (χ1n) is 11.6. The molecule has 1 heterocycles. The van der Waals surface area contributed by atoms with Crippen LogP contribution in [-0.2, 0) is 17.8 Å². The molecule has 2 aromatic rings. The maximum atomic E-state index is 5.95. The van der Waals surface area contributed by atoms with Gasteiger partial charge in [0.25, 0.3) is 0 Å². The van der Waals surface area contributed by atoms with Crippen LogP contribution in [0, 0.1) is 6.92 Å². The van der Waals surface area contributed by atoms with Gasteiger partial charge in [0, 0.05) is 24.9 Å². The normalized spacial score (nSPS) is 14.3. The molecule has 1 aliphatic rings. The lowest BCUT2D eigenvalue weighted by molar-refractivity contribution is 0.110. The van der Waals surface area contributed by atoms with Crippen LogP contribution in [0.3, 0.4) is 0 Å². The first-order chi connectivity index (χ1) is 15.2. The lowest BCUT2D eigenvalue weighted by atomic mass is 10.1. The van der Waals surface area contributed by atoms with E-state index in [1.54, 1.807) is 0 Å². The Balaban J connectivity index is 0.00000363. The van der Waals surface area contributed by atoms with Crippen LogP contribution in [-0.4, -0.2) is 42.1 Å². The Labute approximate surface area is 209 Å². The minimum atomic E-state index is 0. The lowest BCUT2D eigenvalue weighted by Gasteiger charge is -2.13. The van der Waals surface area contributed by atoms with Crippen molar-refractivity contribution in [3.05, 3.63) is 47.3 Å². The van der Waals surface area contributed by atoms with Gasteiger partial charge in [-0.05, 0) is 51.3 Å². The predicted molar refractivity (Wildman–Crippen MR) is 140 cm³/mol. The van der Waals surface area contributed by atoms with Gasteiger partial charge in [-0.1, -0.05) is 25.0 Å². The zero-order valence-corrected chi connectivity index (χ0v) is 21.9. The number of aryl methyl sites for hydroxylation is 1. The number of nitrogens with zero attached hydrogens (tertiary/aromatic N) is 3. The number of ether oxygens (including phenoxy) is 2. The van der Waals surface area contributed by atoms with Crippen LogP contribution in [0.25, 0.3) is 0 Å². The molecule has 7 nitrogen and oxygen atoms in total. The number of aliphatic imine (C=N–C) groups is 1. The number of hydrogen-bond acceptors (Lipinski definition) is 4. The highest BCUT2D eigenvalue weighted by Gasteiger charge is 2.17. The predicted octanol–water partition coefficient (Wildman–Crippen LogP) is 4.60. The molecule has 0 amide bonds. The Bertz CT molecular complexity index is 834. The molecule has 2 N–H and O–H groups in total. The SMILES string of the molecule is CCNC(=NCc1ccc(C)cc1OCCOCC)NCc1ccn(C2CCCC2)n1.I. The fourth-order valence-electron chi connectivity index (χ4n) is 3.81. The molecule has 3 rings (SSSR count). The van der Waals surface area contributed by atoms with E-state index in [9.17, 15) is 0 Å². The molecule has 1 saturated carbocycles. The van der Waals surface area contributed by atoms with E-state index in [2.05, 4.69) is 59.6 Å². The average Bonchev–Trinajstić information content (AvgIpc) is 3.46. The van der Waals surface area contributed by atoms with Gasteiger partial charge >= 0.3 is 0 Å². The average molecular weight is 556 g/mol. The van der Waals surface area contributed by atoms with Crippen LogP contribution in [0.1, 0.15) is 62.4 Å². The molecule has 0 radical (unpaired) electrons. The largest absolute Gasteiger partial charge is 0.491 e. The number of nitrogens with one attached hydrogen (secondary N) is 2. The van der Waals surface area contributed by atoms with Crippen LogP contribution < -0.4 is 15.4 Å². The molecule has 0 atom stereocenters. The minimum absolute atomic E-state index is 0. The molecule has 1 aromatic carbocycles. The van der Waals surface area contributed by atoms with E-state index in [4.69, 9.17) is 19.6 Å². The summed E-state index contributed by atoms with van der Waals surface area (Å²) in [5, 5.41) is 11.5. The van der Waals surface area contributed by atoms with Crippen molar-refractivity contribution in [1.82, 2.24) is 20.4 Å². The van der Waals surface area contributed by atoms with E-state index >= 15 is 0 Å². The van der Waals surface area contributed by atoms with E-state index < -0.39 is 0 Å². The Morgan fingerprint density at radius 2 is 1.97 bits per heavy atom. The third kappa shape index (κ3) is 8.27. The van der Waals surface area contributed by atoms with Gasteiger partial charge in [-0.25, -0.2) is 4.99 Å². The maximum absolute atomic E-state index is 5.95. The van der Waals surface area contributed by atoms with Gasteiger partial charge in [0.1, 0.15) is 12.4 Å². The summed E-state index contributed by atoms with van der Waals surface area (Å²) in [5.41, 5.74) is 3.26. The molecular formula is C24H38IN5O2. The van der Waals surface area contributed by atoms with Gasteiger partial charge in [0.2, 0.25) is 0 Å². The first kappa shape index (κ1) is 26.4. The van der Waals surface area contributed by atoms with Crippen molar-refractivity contribution in [3.63, 3.8) is 0 Å². The van der Waals surface area contributed by atoms with Crippen molar-refractivity contribution in [2.45, 2.75) is 65.6 Å². The number of rotatable bonds is 11. The second kappa shape index (κ2) is 14.4. The monoisotopic (exact) mass is 555 g/mol. The first-order valence-corrected chi connectivity index (χ1v) is 11.6. The summed E-state index contributed by atoms with van der Waals surface area (Å²) in [4.78, 5) is 4.77. The summed E-state index contributed by atoms with van der Waals surface area (Å²) in [7, 11) is 0. The van der Waals surface area contributed by atoms with Gasteiger partial charge in [-0.15, -0.1) is 24.0 Å². The highest BCUT2D eigenvalue weighted by Crippen LogP contribution is 2.28. The summed E-state index contributed by atoms with van der Waals surface area (Å²) in [6.07, 6.45) is 7.21. The van der Waals surface area contributed by atoms with Gasteiger partial charge < -0.3 is 20.1 Å². The van der Waals surface area contributed by atoms with Crippen LogP contribution in [0.2, 0.25) is 0 Å². The molecule has 8 heteroatoms. The number of benzene rings is 1. The molecule has 32 heavy (non-hydrogen) atoms. The topological polar surface area (TPSA) is 72.7 Å². The summed E-state index contributed by atoms with van der Waals surface area (Å²) >= 11 is 0. The second-order valence-electron chi connectivity index (χ2n) is 7.93. The summed E-state index contributed by atoms with van der Waals surface area (Å²) in [5.74, 6) is 1.65. The second-order valence-corrected chi connectivity index (χ2v) is 7.93. The minimum Gasteiger partial charge on any atom is -0.491 e. The fraction of sp³-hybridized carbons (Fsp3) is 0.583. The molecular weight excluding hydrogens is 517 g/mol. The summed E-state index contributed by atoms with van der Waals surface area (Å²) in [6, 6.07) is 8.91. The molecule has 1 aliphatic carbocycles. The Hall–Kier alpha value is -1.81. The van der Waals surface area contributed by atoms with Crippen LogP contribution in [0.4, 0.5) is 0 Å². The molecule has 1 fully saturated rings. The van der Waals surface area contributed by atoms with E-state index in [-0.39, 0.29) is 24.0 Å². The Morgan fingerprint density at radius 1 is 1.16 bits per heavy atom. The van der Waals surface area contributed by atoms with Gasteiger partial charge in [0.05, 0.1) is 31.4 Å². The standard InChI is InChI=1S/C24H37N5O2.HI/c1-4-25-24(27-18-21-12-13-29(28-21)22-8-6-7-9-22)26-17-20-11-10-19(3)16-23(20)31-15-14-30-5-2;/h10-13,16,22H,4-9,14-15,17-18H2,1-3H3,(H2,25,26,27);1H. The highest BCUT2D eigenvalue weighted by atomic mass is 127. The van der Waals surface area contributed by atoms with Crippen molar-refractivity contribution in [2.24, 2.45) is 4.99 Å². The zero-order valence-electron chi connectivity index (χ0n) is 19.6. The molecule has 1 aromatic heterocycles. The molecule has 178 valence electrons.